The van der Waals surface area contributed by atoms with Gasteiger partial charge >= 0.3 is 11.9 Å². The molecule has 0 aliphatic rings. The van der Waals surface area contributed by atoms with Crippen molar-refractivity contribution in [1.29, 1.82) is 0 Å². The molecule has 0 radical (unpaired) electrons. The number of hydrogen-bond acceptors (Lipinski definition) is 5. The van der Waals surface area contributed by atoms with Crippen LogP contribution in [0.2, 0.25) is 0 Å². The van der Waals surface area contributed by atoms with E-state index >= 15 is 0 Å². The summed E-state index contributed by atoms with van der Waals surface area (Å²) in [5.74, 6) is -0.422. The highest BCUT2D eigenvalue weighted by Gasteiger charge is 2.35. The molecule has 1 unspecified atom stereocenters. The number of halogens is 3. The van der Waals surface area contributed by atoms with Gasteiger partial charge in [-0.3, -0.25) is 14.2 Å². The van der Waals surface area contributed by atoms with Crippen LogP contribution in [0, 0.1) is 5.92 Å². The number of benzene rings is 1. The fourth-order valence-corrected chi connectivity index (χ4v) is 3.56. The predicted molar refractivity (Wildman–Crippen MR) is 99.2 cm³/mol. The number of alkyl halides is 3. The van der Waals surface area contributed by atoms with E-state index in [1.165, 1.54) is 12.1 Å². The van der Waals surface area contributed by atoms with Gasteiger partial charge in [0.05, 0.1) is 10.4 Å². The van der Waals surface area contributed by atoms with Crippen LogP contribution in [0.4, 0.5) is 13.2 Å². The molecule has 10 heteroatoms. The molecule has 2 aromatic heterocycles. The number of ketones is 1. The van der Waals surface area contributed by atoms with Crippen LogP contribution in [0.15, 0.2) is 33.9 Å². The molecular formula is C18H16F3N3O3S. The van der Waals surface area contributed by atoms with E-state index in [-0.39, 0.29) is 23.1 Å². The van der Waals surface area contributed by atoms with Gasteiger partial charge in [0.2, 0.25) is 0 Å². The third-order valence-electron chi connectivity index (χ3n) is 4.62. The number of nitrogens with zero attached hydrogens (tertiary/aromatic N) is 3. The maximum Gasteiger partial charge on any atom is 0.431 e. The normalized spacial score (nSPS) is 13.1. The lowest BCUT2D eigenvalue weighted by molar-refractivity contribution is -0.144. The van der Waals surface area contributed by atoms with E-state index in [9.17, 15) is 27.6 Å². The Bertz CT molecular complexity index is 1190. The smallest absolute Gasteiger partial charge is 0.292 e. The van der Waals surface area contributed by atoms with Crippen LogP contribution in [0.3, 0.4) is 0 Å². The molecule has 6 nitrogen and oxygen atoms in total. The van der Waals surface area contributed by atoms with Crippen LogP contribution < -0.4 is 11.2 Å². The number of Topliss-reactive ketones (excluding diaryl/α,β-unsaturated/α-hetero) is 1. The Kier molecular flexibility index (Phi) is 5.00. The number of aromatic nitrogens is 3. The van der Waals surface area contributed by atoms with E-state index < -0.39 is 23.1 Å². The molecule has 1 atom stereocenters. The van der Waals surface area contributed by atoms with Crippen LogP contribution in [0.1, 0.15) is 36.5 Å². The Morgan fingerprint density at radius 3 is 2.54 bits per heavy atom. The van der Waals surface area contributed by atoms with Crippen molar-refractivity contribution in [2.45, 2.75) is 26.4 Å². The quantitative estimate of drug-likeness (QED) is 0.617. The van der Waals surface area contributed by atoms with Gasteiger partial charge in [-0.1, -0.05) is 13.8 Å². The topological polar surface area (TPSA) is 74.0 Å². The van der Waals surface area contributed by atoms with E-state index in [1.807, 2.05) is 6.92 Å². The second kappa shape index (κ2) is 7.01. The second-order valence-corrected chi connectivity index (χ2v) is 7.23. The number of carbonyl (C=O) groups excluding carboxylic acids is 1. The molecular weight excluding hydrogens is 395 g/mol. The summed E-state index contributed by atoms with van der Waals surface area (Å²) < 4.78 is 44.9. The van der Waals surface area contributed by atoms with Crippen molar-refractivity contribution in [2.75, 3.05) is 0 Å². The average Bonchev–Trinajstić information content (AvgIpc) is 3.05. The maximum absolute atomic E-state index is 13.0. The molecule has 0 N–H and O–H groups in total. The highest BCUT2D eigenvalue weighted by atomic mass is 32.1. The first kappa shape index (κ1) is 20.0. The summed E-state index contributed by atoms with van der Waals surface area (Å²) in [6.45, 7) is 3.64. The third kappa shape index (κ3) is 3.28. The Balaban J connectivity index is 2.23. The third-order valence-corrected chi connectivity index (χ3v) is 5.44. The van der Waals surface area contributed by atoms with Crippen LogP contribution in [-0.4, -0.2) is 19.3 Å². The molecule has 0 aliphatic carbocycles. The molecule has 3 aromatic rings. The van der Waals surface area contributed by atoms with Crippen molar-refractivity contribution >= 4 is 27.4 Å². The second-order valence-electron chi connectivity index (χ2n) is 6.43. The molecule has 3 rings (SSSR count). The van der Waals surface area contributed by atoms with Gasteiger partial charge in [0.25, 0.3) is 5.56 Å². The van der Waals surface area contributed by atoms with Crippen LogP contribution in [-0.2, 0) is 13.2 Å². The fourth-order valence-electron chi connectivity index (χ4n) is 2.80. The zero-order chi connectivity index (χ0) is 20.8. The van der Waals surface area contributed by atoms with E-state index in [2.05, 4.69) is 4.37 Å². The lowest BCUT2D eigenvalue weighted by Gasteiger charge is -2.14. The molecule has 0 spiro atoms. The summed E-state index contributed by atoms with van der Waals surface area (Å²) >= 11 is 1.10. The van der Waals surface area contributed by atoms with E-state index in [0.29, 0.717) is 31.7 Å². The van der Waals surface area contributed by atoms with E-state index in [0.717, 1.165) is 18.6 Å². The zero-order valence-corrected chi connectivity index (χ0v) is 16.0. The minimum atomic E-state index is -4.83. The first-order valence-corrected chi connectivity index (χ1v) is 9.18. The van der Waals surface area contributed by atoms with Gasteiger partial charge < -0.3 is 0 Å². The average molecular weight is 411 g/mol. The number of rotatable bonds is 4. The molecule has 148 valence electrons. The van der Waals surface area contributed by atoms with Gasteiger partial charge in [0.15, 0.2) is 5.78 Å². The largest absolute Gasteiger partial charge is 0.431 e. The zero-order valence-electron chi connectivity index (χ0n) is 15.2. The lowest BCUT2D eigenvalue weighted by atomic mass is 9.99. The molecule has 0 fully saturated rings. The Labute approximate surface area is 161 Å². The van der Waals surface area contributed by atoms with E-state index in [1.54, 1.807) is 13.0 Å². The molecule has 0 amide bonds. The molecule has 0 aliphatic heterocycles. The fraction of sp³-hybridized carbons (Fsp3) is 0.333. The Morgan fingerprint density at radius 1 is 1.25 bits per heavy atom. The minimum Gasteiger partial charge on any atom is -0.292 e. The summed E-state index contributed by atoms with van der Waals surface area (Å²) in [7, 11) is 0.948. The van der Waals surface area contributed by atoms with Crippen molar-refractivity contribution in [3.63, 3.8) is 0 Å². The van der Waals surface area contributed by atoms with Gasteiger partial charge in [0.1, 0.15) is 11.4 Å². The van der Waals surface area contributed by atoms with Gasteiger partial charge in [0, 0.05) is 24.4 Å². The first-order chi connectivity index (χ1) is 13.1. The number of hydrogen-bond donors (Lipinski definition) is 0. The Hall–Kier alpha value is -2.75. The summed E-state index contributed by atoms with van der Waals surface area (Å²) in [4.78, 5) is 37.3. The molecule has 0 bridgehead atoms. The van der Waals surface area contributed by atoms with Crippen molar-refractivity contribution in [3.05, 3.63) is 56.5 Å². The minimum absolute atomic E-state index is 0.0743. The summed E-state index contributed by atoms with van der Waals surface area (Å²) in [6.07, 6.45) is -4.21. The lowest BCUT2D eigenvalue weighted by Crippen LogP contribution is -2.40. The summed E-state index contributed by atoms with van der Waals surface area (Å²) in [6, 6.07) is 4.83. The van der Waals surface area contributed by atoms with E-state index in [4.69, 9.17) is 0 Å². The van der Waals surface area contributed by atoms with Crippen LogP contribution in [0.25, 0.3) is 15.8 Å². The van der Waals surface area contributed by atoms with Gasteiger partial charge in [-0.25, -0.2) is 9.36 Å². The Morgan fingerprint density at radius 2 is 1.93 bits per heavy atom. The van der Waals surface area contributed by atoms with Crippen molar-refractivity contribution in [2.24, 2.45) is 13.0 Å². The van der Waals surface area contributed by atoms with Crippen molar-refractivity contribution in [1.82, 2.24) is 13.5 Å². The molecule has 28 heavy (non-hydrogen) atoms. The standard InChI is InChI=1S/C18H16F3N3O3S/c1-4-9(2)16(26)15-11-7-10(5-6-12(11)28-22-15)24-14(25)8-13(18(19,20)21)23(3)17(24)27/h5-9H,4H2,1-3H3. The predicted octanol–water partition coefficient (Wildman–Crippen LogP) is 3.39. The molecule has 0 saturated heterocycles. The highest BCUT2D eigenvalue weighted by molar-refractivity contribution is 7.13. The number of carbonyl (C=O) groups is 1. The van der Waals surface area contributed by atoms with Gasteiger partial charge in [-0.15, -0.1) is 0 Å². The first-order valence-electron chi connectivity index (χ1n) is 8.40. The summed E-state index contributed by atoms with van der Waals surface area (Å²) in [5.41, 5.74) is -3.26. The molecule has 2 heterocycles. The van der Waals surface area contributed by atoms with Crippen molar-refractivity contribution < 1.29 is 18.0 Å². The summed E-state index contributed by atoms with van der Waals surface area (Å²) in [5, 5.41) is 0.460. The SMILES string of the molecule is CCC(C)C(=O)c1nsc2ccc(-n3c(=O)cc(C(F)(F)F)n(C)c3=O)cc12. The molecule has 0 saturated carbocycles. The molecule has 1 aromatic carbocycles. The maximum atomic E-state index is 13.0. The van der Waals surface area contributed by atoms with Crippen LogP contribution in [0.5, 0.6) is 0 Å². The highest BCUT2D eigenvalue weighted by Crippen LogP contribution is 2.28. The monoisotopic (exact) mass is 411 g/mol. The van der Waals surface area contributed by atoms with Gasteiger partial charge in [-0.2, -0.15) is 17.5 Å². The van der Waals surface area contributed by atoms with Crippen molar-refractivity contribution in [3.8, 4) is 5.69 Å². The van der Waals surface area contributed by atoms with Crippen LogP contribution >= 0.6 is 11.5 Å². The number of fused-ring (bicyclic) bond motifs is 1. The van der Waals surface area contributed by atoms with Gasteiger partial charge in [-0.05, 0) is 36.2 Å².